The highest BCUT2D eigenvalue weighted by Gasteiger charge is 2.23. The van der Waals surface area contributed by atoms with Gasteiger partial charge in [0, 0.05) is 12.6 Å². The summed E-state index contributed by atoms with van der Waals surface area (Å²) in [7, 11) is 0. The van der Waals surface area contributed by atoms with E-state index in [-0.39, 0.29) is 31.0 Å². The van der Waals surface area contributed by atoms with Crippen molar-refractivity contribution in [3.8, 4) is 0 Å². The lowest BCUT2D eigenvalue weighted by atomic mass is 10.2. The first-order valence-corrected chi connectivity index (χ1v) is 6.54. The summed E-state index contributed by atoms with van der Waals surface area (Å²) in [6.45, 7) is 2.19. The van der Waals surface area contributed by atoms with Crippen molar-refractivity contribution >= 4 is 23.6 Å². The zero-order chi connectivity index (χ0) is 12.0. The van der Waals surface area contributed by atoms with Gasteiger partial charge >= 0.3 is 0 Å². The number of thioether (sulfide) groups is 1. The van der Waals surface area contributed by atoms with Crippen LogP contribution in [0.25, 0.3) is 0 Å². The molecule has 1 aliphatic rings. The Balaban J connectivity index is 2.22. The van der Waals surface area contributed by atoms with Crippen LogP contribution in [0, 0.1) is 0 Å². The van der Waals surface area contributed by atoms with Crippen molar-refractivity contribution < 1.29 is 14.7 Å². The molecule has 0 aromatic carbocycles. The summed E-state index contributed by atoms with van der Waals surface area (Å²) in [6, 6.07) is 0.0463. The molecule has 6 heteroatoms. The highest BCUT2D eigenvalue weighted by atomic mass is 32.2. The molecule has 2 N–H and O–H groups in total. The Morgan fingerprint density at radius 2 is 2.44 bits per heavy atom. The second kappa shape index (κ2) is 6.75. The van der Waals surface area contributed by atoms with Gasteiger partial charge in [0.25, 0.3) is 0 Å². The van der Waals surface area contributed by atoms with Crippen molar-refractivity contribution in [1.82, 2.24) is 10.2 Å². The molecule has 0 aliphatic carbocycles. The molecule has 1 heterocycles. The summed E-state index contributed by atoms with van der Waals surface area (Å²) in [5.74, 6) is 0.995. The van der Waals surface area contributed by atoms with Crippen LogP contribution in [0.4, 0.5) is 0 Å². The van der Waals surface area contributed by atoms with Crippen molar-refractivity contribution in [3.05, 3.63) is 0 Å². The third-order valence-corrected chi connectivity index (χ3v) is 3.31. The smallest absolute Gasteiger partial charge is 0.239 e. The van der Waals surface area contributed by atoms with Crippen LogP contribution in [0.3, 0.4) is 0 Å². The third-order valence-electron chi connectivity index (χ3n) is 2.36. The van der Waals surface area contributed by atoms with Crippen molar-refractivity contribution in [3.63, 3.8) is 0 Å². The van der Waals surface area contributed by atoms with Crippen LogP contribution < -0.4 is 5.32 Å². The first-order chi connectivity index (χ1) is 7.63. The lowest BCUT2D eigenvalue weighted by molar-refractivity contribution is -0.132. The van der Waals surface area contributed by atoms with Gasteiger partial charge < -0.3 is 15.3 Å². The molecule has 92 valence electrons. The van der Waals surface area contributed by atoms with Gasteiger partial charge in [-0.3, -0.25) is 9.59 Å². The average Bonchev–Trinajstić information content (AvgIpc) is 2.61. The van der Waals surface area contributed by atoms with Crippen molar-refractivity contribution in [2.24, 2.45) is 0 Å². The van der Waals surface area contributed by atoms with Gasteiger partial charge in [0.2, 0.25) is 11.8 Å². The second-order valence-corrected chi connectivity index (χ2v) is 4.86. The lowest BCUT2D eigenvalue weighted by Crippen LogP contribution is -2.41. The summed E-state index contributed by atoms with van der Waals surface area (Å²) in [6.07, 6.45) is 1.44. The SMILES string of the molecule is CC(CCCO)NC(=O)CN1CSCC1=O. The van der Waals surface area contributed by atoms with Crippen LogP contribution >= 0.6 is 11.8 Å². The maximum atomic E-state index is 11.5. The van der Waals surface area contributed by atoms with E-state index in [1.807, 2.05) is 6.92 Å². The molecule has 0 radical (unpaired) electrons. The highest BCUT2D eigenvalue weighted by molar-refractivity contribution is 8.00. The van der Waals surface area contributed by atoms with Crippen LogP contribution in [-0.4, -0.2) is 52.6 Å². The number of amides is 2. The number of rotatable bonds is 6. The minimum absolute atomic E-state index is 0.0307. The monoisotopic (exact) mass is 246 g/mol. The minimum atomic E-state index is -0.124. The van der Waals surface area contributed by atoms with Gasteiger partial charge in [-0.1, -0.05) is 0 Å². The van der Waals surface area contributed by atoms with Gasteiger partial charge in [-0.15, -0.1) is 11.8 Å². The van der Waals surface area contributed by atoms with Crippen LogP contribution in [0.15, 0.2) is 0 Å². The van der Waals surface area contributed by atoms with Crippen LogP contribution in [0.2, 0.25) is 0 Å². The molecule has 0 spiro atoms. The summed E-state index contributed by atoms with van der Waals surface area (Å²) in [5.41, 5.74) is 0. The molecule has 2 amide bonds. The van der Waals surface area contributed by atoms with E-state index >= 15 is 0 Å². The zero-order valence-corrected chi connectivity index (χ0v) is 10.3. The van der Waals surface area contributed by atoms with Crippen LogP contribution in [-0.2, 0) is 9.59 Å². The Kier molecular flexibility index (Phi) is 5.62. The molecular weight excluding hydrogens is 228 g/mol. The van der Waals surface area contributed by atoms with E-state index < -0.39 is 0 Å². The lowest BCUT2D eigenvalue weighted by Gasteiger charge is -2.17. The molecule has 0 bridgehead atoms. The predicted octanol–water partition coefficient (Wildman–Crippen LogP) is -0.203. The second-order valence-electron chi connectivity index (χ2n) is 3.90. The Labute approximate surface area is 99.6 Å². The van der Waals surface area contributed by atoms with Gasteiger partial charge in [0.15, 0.2) is 0 Å². The summed E-state index contributed by atoms with van der Waals surface area (Å²) < 4.78 is 0. The van der Waals surface area contributed by atoms with E-state index in [0.29, 0.717) is 18.1 Å². The fraction of sp³-hybridized carbons (Fsp3) is 0.800. The molecular formula is C10H18N2O3S. The number of hydrogen-bond acceptors (Lipinski definition) is 4. The molecule has 16 heavy (non-hydrogen) atoms. The number of aliphatic hydroxyl groups excluding tert-OH is 1. The molecule has 1 fully saturated rings. The fourth-order valence-electron chi connectivity index (χ4n) is 1.50. The van der Waals surface area contributed by atoms with Crippen LogP contribution in [0.5, 0.6) is 0 Å². The Morgan fingerprint density at radius 3 is 3.00 bits per heavy atom. The molecule has 1 saturated heterocycles. The number of nitrogens with one attached hydrogen (secondary N) is 1. The molecule has 0 aromatic rings. The summed E-state index contributed by atoms with van der Waals surface area (Å²) in [4.78, 5) is 24.4. The van der Waals surface area contributed by atoms with E-state index in [2.05, 4.69) is 5.32 Å². The Morgan fingerprint density at radius 1 is 1.69 bits per heavy atom. The standard InChI is InChI=1S/C10H18N2O3S/c1-8(3-2-4-13)11-9(14)5-12-7-16-6-10(12)15/h8,13H,2-7H2,1H3,(H,11,14). The van der Waals surface area contributed by atoms with Crippen molar-refractivity contribution in [2.75, 3.05) is 24.8 Å². The molecule has 5 nitrogen and oxygen atoms in total. The largest absolute Gasteiger partial charge is 0.396 e. The van der Waals surface area contributed by atoms with Gasteiger partial charge in [-0.05, 0) is 19.8 Å². The highest BCUT2D eigenvalue weighted by Crippen LogP contribution is 2.13. The van der Waals surface area contributed by atoms with Gasteiger partial charge in [0.1, 0.15) is 6.54 Å². The fourth-order valence-corrected chi connectivity index (χ4v) is 2.41. The maximum absolute atomic E-state index is 11.5. The first-order valence-electron chi connectivity index (χ1n) is 5.39. The summed E-state index contributed by atoms with van der Waals surface area (Å²) >= 11 is 1.53. The molecule has 1 aliphatic heterocycles. The minimum Gasteiger partial charge on any atom is -0.396 e. The van der Waals surface area contributed by atoms with Gasteiger partial charge in [-0.2, -0.15) is 0 Å². The van der Waals surface area contributed by atoms with E-state index in [1.165, 1.54) is 11.8 Å². The van der Waals surface area contributed by atoms with E-state index in [0.717, 1.165) is 6.42 Å². The predicted molar refractivity (Wildman–Crippen MR) is 63.0 cm³/mol. The quantitative estimate of drug-likeness (QED) is 0.681. The summed E-state index contributed by atoms with van der Waals surface area (Å²) in [5, 5.41) is 11.5. The molecule has 1 atom stereocenters. The Hall–Kier alpha value is -0.750. The number of aliphatic hydroxyl groups is 1. The van der Waals surface area contributed by atoms with Gasteiger partial charge in [-0.25, -0.2) is 0 Å². The van der Waals surface area contributed by atoms with Crippen molar-refractivity contribution in [2.45, 2.75) is 25.8 Å². The molecule has 1 rings (SSSR count). The number of nitrogens with zero attached hydrogens (tertiary/aromatic N) is 1. The van der Waals surface area contributed by atoms with E-state index in [4.69, 9.17) is 5.11 Å². The Bertz CT molecular complexity index is 260. The maximum Gasteiger partial charge on any atom is 0.239 e. The molecule has 0 saturated carbocycles. The molecule has 0 aromatic heterocycles. The number of hydrogen-bond donors (Lipinski definition) is 2. The van der Waals surface area contributed by atoms with Gasteiger partial charge in [0.05, 0.1) is 11.6 Å². The normalized spacial score (nSPS) is 17.6. The first kappa shape index (κ1) is 13.3. The average molecular weight is 246 g/mol. The topological polar surface area (TPSA) is 69.6 Å². The molecule has 1 unspecified atom stereocenters. The number of carbonyl (C=O) groups is 2. The van der Waals surface area contributed by atoms with E-state index in [1.54, 1.807) is 4.90 Å². The van der Waals surface area contributed by atoms with Crippen molar-refractivity contribution in [1.29, 1.82) is 0 Å². The zero-order valence-electron chi connectivity index (χ0n) is 9.44. The van der Waals surface area contributed by atoms with E-state index in [9.17, 15) is 9.59 Å². The third kappa shape index (κ3) is 4.40. The number of carbonyl (C=O) groups excluding carboxylic acids is 2. The van der Waals surface area contributed by atoms with Crippen LogP contribution in [0.1, 0.15) is 19.8 Å².